The Bertz CT molecular complexity index is 1130. The summed E-state index contributed by atoms with van der Waals surface area (Å²) in [4.78, 5) is 29.7. The number of likely N-dealkylation sites (N-methyl/N-ethyl adjacent to an activating group) is 2. The van der Waals surface area contributed by atoms with Crippen molar-refractivity contribution in [3.05, 3.63) is 41.9 Å². The molecule has 0 saturated heterocycles. The Morgan fingerprint density at radius 3 is 2.74 bits per heavy atom. The van der Waals surface area contributed by atoms with Crippen LogP contribution >= 0.6 is 13.5 Å². The summed E-state index contributed by atoms with van der Waals surface area (Å²) >= 11 is 0. The van der Waals surface area contributed by atoms with E-state index in [1.807, 2.05) is 37.3 Å². The van der Waals surface area contributed by atoms with Crippen molar-refractivity contribution < 1.29 is 9.53 Å². The zero-order valence-corrected chi connectivity index (χ0v) is 21.7. The van der Waals surface area contributed by atoms with Gasteiger partial charge in [0.25, 0.3) is 0 Å². The van der Waals surface area contributed by atoms with Gasteiger partial charge in [-0.3, -0.25) is 9.69 Å². The van der Waals surface area contributed by atoms with Gasteiger partial charge in [0, 0.05) is 37.6 Å². The van der Waals surface area contributed by atoms with Crippen LogP contribution < -0.4 is 10.1 Å². The molecule has 2 N–H and O–H groups in total. The lowest BCUT2D eigenvalue weighted by molar-refractivity contribution is -0.136. The number of ether oxygens (including phenoxy) is 1. The zero-order chi connectivity index (χ0) is 23.5. The van der Waals surface area contributed by atoms with Crippen molar-refractivity contribution in [1.29, 1.82) is 0 Å². The lowest BCUT2D eigenvalue weighted by atomic mass is 10.0. The van der Waals surface area contributed by atoms with Crippen LogP contribution in [0.2, 0.25) is 0 Å². The maximum Gasteiger partial charge on any atom is 0.239 e. The first kappa shape index (κ1) is 25.8. The standard InChI is InChI=1S/C25H34N6O2.H2S/c1-16(2)11-20-25(32)30(3)10-6-7-17-13-26-23-22(17)24(28-15-27-23)29-19-8-9-21(33-5)18(12-19)14-31(20)4;/h8-9,12-13,15-16,20H,6-7,10-11,14H2,1-5H3,(H2,26,27,28,29);1H2/t20-;/m0./s1. The van der Waals surface area contributed by atoms with E-state index in [4.69, 9.17) is 4.74 Å². The van der Waals surface area contributed by atoms with E-state index in [2.05, 4.69) is 45.1 Å². The van der Waals surface area contributed by atoms with Gasteiger partial charge in [0.1, 0.15) is 23.5 Å². The normalized spacial score (nSPS) is 17.6. The molecular formula is C25H36N6O2S. The molecule has 4 rings (SSSR count). The van der Waals surface area contributed by atoms with Crippen molar-refractivity contribution >= 4 is 41.9 Å². The molecule has 3 aromatic rings. The summed E-state index contributed by atoms with van der Waals surface area (Å²) in [7, 11) is 5.61. The second-order valence-electron chi connectivity index (χ2n) is 9.34. The quantitative estimate of drug-likeness (QED) is 0.583. The van der Waals surface area contributed by atoms with E-state index >= 15 is 0 Å². The predicted molar refractivity (Wildman–Crippen MR) is 141 cm³/mol. The fourth-order valence-corrected chi connectivity index (χ4v) is 4.60. The van der Waals surface area contributed by atoms with E-state index in [1.165, 1.54) is 0 Å². The number of anilines is 2. The summed E-state index contributed by atoms with van der Waals surface area (Å²) < 4.78 is 5.65. The Morgan fingerprint density at radius 2 is 2.00 bits per heavy atom. The molecule has 0 saturated carbocycles. The lowest BCUT2D eigenvalue weighted by Gasteiger charge is -2.32. The molecule has 1 amide bonds. The number of nitrogens with zero attached hydrogens (tertiary/aromatic N) is 4. The number of carbonyl (C=O) groups is 1. The third-order valence-corrected chi connectivity index (χ3v) is 6.34. The van der Waals surface area contributed by atoms with Gasteiger partial charge in [-0.05, 0) is 56.0 Å². The molecule has 0 spiro atoms. The molecule has 0 aliphatic carbocycles. The third-order valence-electron chi connectivity index (χ3n) is 6.34. The van der Waals surface area contributed by atoms with E-state index in [9.17, 15) is 4.79 Å². The molecule has 1 aromatic carbocycles. The highest BCUT2D eigenvalue weighted by Gasteiger charge is 2.28. The number of aromatic nitrogens is 3. The number of hydrogen-bond acceptors (Lipinski definition) is 6. The van der Waals surface area contributed by atoms with Crippen LogP contribution in [-0.4, -0.2) is 64.5 Å². The molecule has 34 heavy (non-hydrogen) atoms. The SMILES string of the molecule is COc1ccc2cc1CN(C)[C@@H](CC(C)C)C(=O)N(C)CCCc1c[nH]c3ncnc(c13)N2.S. The average molecular weight is 485 g/mol. The molecule has 184 valence electrons. The van der Waals surface area contributed by atoms with Gasteiger partial charge in [0.05, 0.1) is 18.5 Å². The summed E-state index contributed by atoms with van der Waals surface area (Å²) in [5.41, 5.74) is 3.89. The van der Waals surface area contributed by atoms with Crippen molar-refractivity contribution in [2.24, 2.45) is 5.92 Å². The zero-order valence-electron chi connectivity index (χ0n) is 20.7. The number of rotatable bonds is 3. The smallest absolute Gasteiger partial charge is 0.239 e. The van der Waals surface area contributed by atoms with Gasteiger partial charge >= 0.3 is 0 Å². The van der Waals surface area contributed by atoms with E-state index < -0.39 is 0 Å². The average Bonchev–Trinajstić information content (AvgIpc) is 3.20. The minimum absolute atomic E-state index is 0. The van der Waals surface area contributed by atoms with Crippen molar-refractivity contribution in [1.82, 2.24) is 24.8 Å². The topological polar surface area (TPSA) is 86.4 Å². The second-order valence-corrected chi connectivity index (χ2v) is 9.34. The third kappa shape index (κ3) is 5.47. The summed E-state index contributed by atoms with van der Waals surface area (Å²) in [5.74, 6) is 2.15. The Morgan fingerprint density at radius 1 is 1.21 bits per heavy atom. The Balaban J connectivity index is 0.00000324. The number of hydrogen-bond donors (Lipinski definition) is 2. The minimum atomic E-state index is -0.191. The van der Waals surface area contributed by atoms with Crippen LogP contribution in [0.3, 0.4) is 0 Å². The number of carbonyl (C=O) groups excluding carboxylic acids is 1. The van der Waals surface area contributed by atoms with Gasteiger partial charge < -0.3 is 19.9 Å². The molecule has 1 aliphatic rings. The van der Waals surface area contributed by atoms with Crippen LogP contribution in [0.1, 0.15) is 37.8 Å². The fourth-order valence-electron chi connectivity index (χ4n) is 4.60. The molecular weight excluding hydrogens is 448 g/mol. The Kier molecular flexibility index (Phi) is 8.43. The number of fused-ring (bicyclic) bond motifs is 2. The van der Waals surface area contributed by atoms with Crippen LogP contribution in [0, 0.1) is 5.92 Å². The number of aromatic amines is 1. The maximum atomic E-state index is 13.5. The molecule has 3 heterocycles. The second kappa shape index (κ2) is 11.1. The van der Waals surface area contributed by atoms with Crippen molar-refractivity contribution in [3.63, 3.8) is 0 Å². The largest absolute Gasteiger partial charge is 0.496 e. The lowest BCUT2D eigenvalue weighted by Crippen LogP contribution is -2.46. The van der Waals surface area contributed by atoms with Crippen molar-refractivity contribution in [3.8, 4) is 5.75 Å². The van der Waals surface area contributed by atoms with Gasteiger partial charge in [0.15, 0.2) is 0 Å². The first-order valence-corrected chi connectivity index (χ1v) is 11.6. The summed E-state index contributed by atoms with van der Waals surface area (Å²) in [5, 5.41) is 4.48. The molecule has 2 bridgehead atoms. The molecule has 9 heteroatoms. The summed E-state index contributed by atoms with van der Waals surface area (Å²) in [6, 6.07) is 5.84. The number of amides is 1. The first-order chi connectivity index (χ1) is 15.9. The molecule has 2 aromatic heterocycles. The van der Waals surface area contributed by atoms with E-state index in [0.717, 1.165) is 58.7 Å². The minimum Gasteiger partial charge on any atom is -0.496 e. The number of nitrogens with one attached hydrogen (secondary N) is 2. The molecule has 0 unspecified atom stereocenters. The van der Waals surface area contributed by atoms with E-state index in [1.54, 1.807) is 13.4 Å². The summed E-state index contributed by atoms with van der Waals surface area (Å²) in [6.07, 6.45) is 6.07. The van der Waals surface area contributed by atoms with Crippen LogP contribution in [0.25, 0.3) is 11.0 Å². The Hall–Kier alpha value is -2.78. The van der Waals surface area contributed by atoms with Gasteiger partial charge in [-0.25, -0.2) is 9.97 Å². The van der Waals surface area contributed by atoms with E-state index in [-0.39, 0.29) is 25.4 Å². The summed E-state index contributed by atoms with van der Waals surface area (Å²) in [6.45, 7) is 5.63. The number of aryl methyl sites for hydroxylation is 1. The first-order valence-electron chi connectivity index (χ1n) is 11.6. The van der Waals surface area contributed by atoms with Crippen LogP contribution in [-0.2, 0) is 17.8 Å². The number of H-pyrrole nitrogens is 1. The molecule has 8 nitrogen and oxygen atoms in total. The molecule has 0 radical (unpaired) electrons. The van der Waals surface area contributed by atoms with Crippen LogP contribution in [0.4, 0.5) is 11.5 Å². The van der Waals surface area contributed by atoms with Crippen LogP contribution in [0.15, 0.2) is 30.7 Å². The Labute approximate surface area is 208 Å². The van der Waals surface area contributed by atoms with Gasteiger partial charge in [-0.15, -0.1) is 0 Å². The monoisotopic (exact) mass is 484 g/mol. The number of benzene rings is 1. The highest BCUT2D eigenvalue weighted by molar-refractivity contribution is 7.59. The van der Waals surface area contributed by atoms with Crippen molar-refractivity contribution in [2.75, 3.05) is 33.1 Å². The maximum absolute atomic E-state index is 13.5. The molecule has 1 atom stereocenters. The van der Waals surface area contributed by atoms with E-state index in [0.29, 0.717) is 19.0 Å². The fraction of sp³-hybridized carbons (Fsp3) is 0.480. The number of methoxy groups -OCH3 is 1. The van der Waals surface area contributed by atoms with Gasteiger partial charge in [-0.1, -0.05) is 13.8 Å². The van der Waals surface area contributed by atoms with Crippen LogP contribution in [0.5, 0.6) is 5.75 Å². The van der Waals surface area contributed by atoms with Crippen molar-refractivity contribution in [2.45, 2.75) is 45.7 Å². The predicted octanol–water partition coefficient (Wildman–Crippen LogP) is 4.07. The van der Waals surface area contributed by atoms with Gasteiger partial charge in [0.2, 0.25) is 5.91 Å². The highest BCUT2D eigenvalue weighted by atomic mass is 32.1. The highest BCUT2D eigenvalue weighted by Crippen LogP contribution is 2.31. The molecule has 1 aliphatic heterocycles. The van der Waals surface area contributed by atoms with Gasteiger partial charge in [-0.2, -0.15) is 13.5 Å². The molecule has 0 fully saturated rings.